The predicted octanol–water partition coefficient (Wildman–Crippen LogP) is 1.57. The Morgan fingerprint density at radius 3 is 2.93 bits per heavy atom. The third-order valence-electron chi connectivity index (χ3n) is 2.68. The molecule has 0 spiro atoms. The highest BCUT2D eigenvalue weighted by Gasteiger charge is 2.12. The molecule has 2 atom stereocenters. The van der Waals surface area contributed by atoms with Crippen molar-refractivity contribution in [1.82, 2.24) is 5.32 Å². The highest BCUT2D eigenvalue weighted by Crippen LogP contribution is 2.10. The van der Waals surface area contributed by atoms with E-state index in [0.717, 1.165) is 13.0 Å². The molecule has 0 saturated carbocycles. The lowest BCUT2D eigenvalue weighted by Crippen LogP contribution is -2.35. The molecule has 1 heterocycles. The van der Waals surface area contributed by atoms with Crippen molar-refractivity contribution in [3.63, 3.8) is 0 Å². The second-order valence-electron chi connectivity index (χ2n) is 4.07. The normalized spacial score (nSPS) is 24.9. The monoisotopic (exact) mass is 201 g/mol. The number of nitrogens with one attached hydrogen (secondary N) is 1. The average molecular weight is 201 g/mol. The molecule has 0 amide bonds. The van der Waals surface area contributed by atoms with Gasteiger partial charge in [-0.2, -0.15) is 0 Å². The van der Waals surface area contributed by atoms with E-state index in [0.29, 0.717) is 12.6 Å². The number of methoxy groups -OCH3 is 1. The molecule has 84 valence electrons. The van der Waals surface area contributed by atoms with Crippen LogP contribution in [0.25, 0.3) is 0 Å². The third-order valence-corrected chi connectivity index (χ3v) is 2.68. The fourth-order valence-electron chi connectivity index (χ4n) is 1.86. The van der Waals surface area contributed by atoms with E-state index in [1.54, 1.807) is 7.11 Å². The number of hydrogen-bond donors (Lipinski definition) is 1. The van der Waals surface area contributed by atoms with Crippen LogP contribution >= 0.6 is 0 Å². The number of hydrogen-bond acceptors (Lipinski definition) is 3. The van der Waals surface area contributed by atoms with Crippen molar-refractivity contribution >= 4 is 0 Å². The van der Waals surface area contributed by atoms with E-state index in [1.165, 1.54) is 25.8 Å². The molecule has 1 N–H and O–H groups in total. The zero-order valence-corrected chi connectivity index (χ0v) is 9.42. The molecular weight excluding hydrogens is 178 g/mol. The van der Waals surface area contributed by atoms with Gasteiger partial charge in [0.1, 0.15) is 0 Å². The summed E-state index contributed by atoms with van der Waals surface area (Å²) in [5.41, 5.74) is 0. The van der Waals surface area contributed by atoms with E-state index in [1.807, 2.05) is 0 Å². The molecule has 0 radical (unpaired) electrons. The van der Waals surface area contributed by atoms with Gasteiger partial charge in [-0.15, -0.1) is 0 Å². The van der Waals surface area contributed by atoms with Crippen LogP contribution in [0.15, 0.2) is 0 Å². The quantitative estimate of drug-likeness (QED) is 0.707. The maximum atomic E-state index is 5.62. The summed E-state index contributed by atoms with van der Waals surface area (Å²) in [6.45, 7) is 4.77. The Hall–Kier alpha value is -0.120. The van der Waals surface area contributed by atoms with Crippen LogP contribution in [0.1, 0.15) is 32.6 Å². The number of ether oxygens (including phenoxy) is 2. The van der Waals surface area contributed by atoms with Crippen molar-refractivity contribution < 1.29 is 9.47 Å². The highest BCUT2D eigenvalue weighted by molar-refractivity contribution is 4.71. The zero-order valence-electron chi connectivity index (χ0n) is 9.42. The fraction of sp³-hybridized carbons (Fsp3) is 1.00. The Kier molecular flexibility index (Phi) is 6.15. The highest BCUT2D eigenvalue weighted by atomic mass is 16.5. The summed E-state index contributed by atoms with van der Waals surface area (Å²) in [7, 11) is 1.71. The lowest BCUT2D eigenvalue weighted by Gasteiger charge is -2.23. The Labute approximate surface area is 87.2 Å². The second kappa shape index (κ2) is 7.21. The number of piperidine rings is 1. The van der Waals surface area contributed by atoms with Crippen molar-refractivity contribution in [3.8, 4) is 0 Å². The summed E-state index contributed by atoms with van der Waals surface area (Å²) in [4.78, 5) is 0. The molecule has 0 aromatic heterocycles. The van der Waals surface area contributed by atoms with Crippen LogP contribution in [-0.4, -0.2) is 39.0 Å². The Morgan fingerprint density at radius 2 is 2.29 bits per heavy atom. The molecule has 1 saturated heterocycles. The van der Waals surface area contributed by atoms with Gasteiger partial charge in [0.15, 0.2) is 0 Å². The van der Waals surface area contributed by atoms with E-state index >= 15 is 0 Å². The van der Waals surface area contributed by atoms with E-state index in [-0.39, 0.29) is 6.10 Å². The van der Waals surface area contributed by atoms with Crippen molar-refractivity contribution in [2.45, 2.75) is 44.8 Å². The first-order valence-electron chi connectivity index (χ1n) is 5.67. The Balaban J connectivity index is 1.96. The predicted molar refractivity (Wildman–Crippen MR) is 57.5 cm³/mol. The third kappa shape index (κ3) is 4.94. The molecule has 3 heteroatoms. The fourth-order valence-corrected chi connectivity index (χ4v) is 1.86. The average Bonchev–Trinajstić information content (AvgIpc) is 2.20. The minimum atomic E-state index is 0.226. The smallest absolute Gasteiger partial charge is 0.0780 e. The van der Waals surface area contributed by atoms with Gasteiger partial charge >= 0.3 is 0 Å². The molecule has 1 aliphatic heterocycles. The first kappa shape index (κ1) is 12.0. The molecule has 1 aliphatic rings. The van der Waals surface area contributed by atoms with Crippen LogP contribution in [0.4, 0.5) is 0 Å². The molecule has 0 aliphatic carbocycles. The molecule has 3 nitrogen and oxygen atoms in total. The Morgan fingerprint density at radius 1 is 1.43 bits per heavy atom. The molecule has 2 unspecified atom stereocenters. The van der Waals surface area contributed by atoms with Crippen LogP contribution in [-0.2, 0) is 9.47 Å². The van der Waals surface area contributed by atoms with E-state index in [4.69, 9.17) is 9.47 Å². The topological polar surface area (TPSA) is 30.5 Å². The molecule has 0 aromatic rings. The van der Waals surface area contributed by atoms with E-state index in [9.17, 15) is 0 Å². The van der Waals surface area contributed by atoms with Gasteiger partial charge in [-0.25, -0.2) is 0 Å². The summed E-state index contributed by atoms with van der Waals surface area (Å²) >= 11 is 0. The first-order valence-corrected chi connectivity index (χ1v) is 5.67. The molecule has 14 heavy (non-hydrogen) atoms. The van der Waals surface area contributed by atoms with Gasteiger partial charge < -0.3 is 14.8 Å². The maximum absolute atomic E-state index is 5.62. The van der Waals surface area contributed by atoms with Gasteiger partial charge in [0.2, 0.25) is 0 Å². The van der Waals surface area contributed by atoms with Crippen LogP contribution in [0.5, 0.6) is 0 Å². The summed E-state index contributed by atoms with van der Waals surface area (Å²) < 4.78 is 10.6. The second-order valence-corrected chi connectivity index (χ2v) is 4.07. The summed E-state index contributed by atoms with van der Waals surface area (Å²) in [6, 6.07) is 0.679. The maximum Gasteiger partial charge on any atom is 0.0780 e. The molecule has 1 fully saturated rings. The van der Waals surface area contributed by atoms with Crippen LogP contribution in [0.2, 0.25) is 0 Å². The first-order chi connectivity index (χ1) is 6.83. The van der Waals surface area contributed by atoms with Gasteiger partial charge in [-0.05, 0) is 32.7 Å². The van der Waals surface area contributed by atoms with Gasteiger partial charge in [0, 0.05) is 19.8 Å². The van der Waals surface area contributed by atoms with E-state index in [2.05, 4.69) is 12.2 Å². The van der Waals surface area contributed by atoms with Crippen LogP contribution < -0.4 is 5.32 Å². The molecular formula is C11H23NO2. The molecule has 1 rings (SSSR count). The number of rotatable bonds is 6. The van der Waals surface area contributed by atoms with Gasteiger partial charge in [-0.1, -0.05) is 6.42 Å². The molecule has 0 bridgehead atoms. The minimum absolute atomic E-state index is 0.226. The molecule has 0 aromatic carbocycles. The van der Waals surface area contributed by atoms with Crippen molar-refractivity contribution in [1.29, 1.82) is 0 Å². The van der Waals surface area contributed by atoms with Crippen LogP contribution in [0, 0.1) is 0 Å². The van der Waals surface area contributed by atoms with Crippen molar-refractivity contribution in [3.05, 3.63) is 0 Å². The standard InChI is InChI=1S/C11H23NO2/c1-10(9-13-2)14-8-6-11-5-3-4-7-12-11/h10-12H,3-9H2,1-2H3. The van der Waals surface area contributed by atoms with Crippen molar-refractivity contribution in [2.75, 3.05) is 26.9 Å². The van der Waals surface area contributed by atoms with Gasteiger partial charge in [0.05, 0.1) is 12.7 Å². The minimum Gasteiger partial charge on any atom is -0.382 e. The zero-order chi connectivity index (χ0) is 10.2. The summed E-state index contributed by atoms with van der Waals surface area (Å²) in [5, 5.41) is 3.51. The largest absolute Gasteiger partial charge is 0.382 e. The SMILES string of the molecule is COCC(C)OCCC1CCCCN1. The van der Waals surface area contributed by atoms with Crippen molar-refractivity contribution in [2.24, 2.45) is 0 Å². The lowest BCUT2D eigenvalue weighted by atomic mass is 10.0. The Bertz CT molecular complexity index is 135. The summed E-state index contributed by atoms with van der Waals surface area (Å²) in [6.07, 6.45) is 5.36. The summed E-state index contributed by atoms with van der Waals surface area (Å²) in [5.74, 6) is 0. The van der Waals surface area contributed by atoms with Gasteiger partial charge in [-0.3, -0.25) is 0 Å². The van der Waals surface area contributed by atoms with Crippen LogP contribution in [0.3, 0.4) is 0 Å². The van der Waals surface area contributed by atoms with Gasteiger partial charge in [0.25, 0.3) is 0 Å². The van der Waals surface area contributed by atoms with E-state index < -0.39 is 0 Å². The lowest BCUT2D eigenvalue weighted by molar-refractivity contribution is 0.00490.